The number of hydrogen-bond acceptors (Lipinski definition) is 2. The minimum atomic E-state index is 0.260. The largest absolute Gasteiger partial charge is 0.356 e. The molecule has 2 N–H and O–H groups in total. The number of carbonyl (C=O) groups excluding carboxylic acids is 1. The number of rotatable bonds is 8. The summed E-state index contributed by atoms with van der Waals surface area (Å²) in [4.78, 5) is 18.3. The van der Waals surface area contributed by atoms with Crippen LogP contribution in [0.3, 0.4) is 0 Å². The minimum Gasteiger partial charge on any atom is -0.356 e. The van der Waals surface area contributed by atoms with Gasteiger partial charge >= 0.3 is 0 Å². The van der Waals surface area contributed by atoms with Crippen LogP contribution in [0.5, 0.6) is 0 Å². The second-order valence-electron chi connectivity index (χ2n) is 7.96. The van der Waals surface area contributed by atoms with Crippen molar-refractivity contribution in [3.8, 4) is 0 Å². The topological polar surface area (TPSA) is 61.7 Å². The highest BCUT2D eigenvalue weighted by molar-refractivity contribution is 5.80. The number of nitrogens with one attached hydrogen (secondary N) is 2. The van der Waals surface area contributed by atoms with E-state index in [2.05, 4.69) is 68.9 Å². The number of amides is 1. The number of aryl methyl sites for hydroxylation is 1. The Morgan fingerprint density at radius 1 is 1.03 bits per heavy atom. The predicted molar refractivity (Wildman–Crippen MR) is 126 cm³/mol. The molecule has 0 radical (unpaired) electrons. The van der Waals surface area contributed by atoms with E-state index < -0.39 is 0 Å². The third kappa shape index (κ3) is 5.26. The number of aliphatic imine (C=N–C) groups is 1. The Morgan fingerprint density at radius 2 is 1.84 bits per heavy atom. The fourth-order valence-electron chi connectivity index (χ4n) is 4.15. The Kier molecular flexibility index (Phi) is 6.87. The van der Waals surface area contributed by atoms with Gasteiger partial charge < -0.3 is 20.1 Å². The molecule has 0 saturated carbocycles. The molecule has 0 aliphatic carbocycles. The van der Waals surface area contributed by atoms with Crippen molar-refractivity contribution in [3.63, 3.8) is 0 Å². The third-order valence-corrected chi connectivity index (χ3v) is 5.87. The molecule has 4 rings (SSSR count). The van der Waals surface area contributed by atoms with Gasteiger partial charge in [-0.25, -0.2) is 0 Å². The molecule has 3 aromatic rings. The van der Waals surface area contributed by atoms with E-state index in [-0.39, 0.29) is 5.91 Å². The number of guanidine groups is 1. The van der Waals surface area contributed by atoms with Crippen molar-refractivity contribution in [2.75, 3.05) is 20.1 Å². The zero-order valence-corrected chi connectivity index (χ0v) is 18.2. The third-order valence-electron chi connectivity index (χ3n) is 5.87. The summed E-state index contributed by atoms with van der Waals surface area (Å²) in [7, 11) is 1.80. The Bertz CT molecular complexity index is 1050. The Balaban J connectivity index is 1.26. The summed E-state index contributed by atoms with van der Waals surface area (Å²) < 4.78 is 2.29. The van der Waals surface area contributed by atoms with Crippen LogP contribution < -0.4 is 10.6 Å². The molecule has 1 aliphatic heterocycles. The van der Waals surface area contributed by atoms with E-state index in [0.717, 1.165) is 38.4 Å². The average Bonchev–Trinajstić information content (AvgIpc) is 3.40. The number of carbonyl (C=O) groups is 1. The van der Waals surface area contributed by atoms with Gasteiger partial charge in [-0.05, 0) is 41.5 Å². The number of aromatic nitrogens is 1. The number of hydrogen-bond donors (Lipinski definition) is 2. The zero-order chi connectivity index (χ0) is 21.5. The van der Waals surface area contributed by atoms with Gasteiger partial charge in [-0.1, -0.05) is 42.5 Å². The van der Waals surface area contributed by atoms with Gasteiger partial charge in [0, 0.05) is 57.9 Å². The maximum Gasteiger partial charge on any atom is 0.222 e. The molecule has 0 atom stereocenters. The molecule has 0 bridgehead atoms. The number of benzene rings is 2. The van der Waals surface area contributed by atoms with Crippen molar-refractivity contribution in [1.82, 2.24) is 20.1 Å². The van der Waals surface area contributed by atoms with Crippen molar-refractivity contribution in [2.45, 2.75) is 38.9 Å². The van der Waals surface area contributed by atoms with Crippen LogP contribution in [0.1, 0.15) is 30.4 Å². The molecular formula is C25H31N5O. The highest BCUT2D eigenvalue weighted by Crippen LogP contribution is 2.17. The SMILES string of the molecule is CN=C(NCCCn1ccc2ccccc21)NCc1ccccc1CN1CCCC1=O. The van der Waals surface area contributed by atoms with E-state index in [1.807, 2.05) is 17.0 Å². The van der Waals surface area contributed by atoms with Crippen LogP contribution in [0, 0.1) is 0 Å². The van der Waals surface area contributed by atoms with E-state index in [1.165, 1.54) is 22.0 Å². The van der Waals surface area contributed by atoms with Crippen LogP contribution in [-0.2, 0) is 24.4 Å². The Labute approximate surface area is 184 Å². The molecule has 2 heterocycles. The summed E-state index contributed by atoms with van der Waals surface area (Å²) in [5.74, 6) is 1.06. The first-order valence-electron chi connectivity index (χ1n) is 11.1. The van der Waals surface area contributed by atoms with E-state index >= 15 is 0 Å². The summed E-state index contributed by atoms with van der Waals surface area (Å²) in [5.41, 5.74) is 3.67. The highest BCUT2D eigenvalue weighted by atomic mass is 16.2. The first kappa shape index (κ1) is 21.0. The van der Waals surface area contributed by atoms with Crippen molar-refractivity contribution < 1.29 is 4.79 Å². The fourth-order valence-corrected chi connectivity index (χ4v) is 4.15. The maximum atomic E-state index is 12.0. The second kappa shape index (κ2) is 10.2. The molecule has 1 saturated heterocycles. The average molecular weight is 418 g/mol. The number of para-hydroxylation sites is 1. The Morgan fingerprint density at radius 3 is 2.65 bits per heavy atom. The molecule has 0 unspecified atom stereocenters. The van der Waals surface area contributed by atoms with Gasteiger partial charge in [0.1, 0.15) is 0 Å². The summed E-state index contributed by atoms with van der Waals surface area (Å²) in [6.45, 7) is 4.04. The van der Waals surface area contributed by atoms with Crippen LogP contribution in [0.25, 0.3) is 10.9 Å². The second-order valence-corrected chi connectivity index (χ2v) is 7.96. The molecule has 2 aromatic carbocycles. The van der Waals surface area contributed by atoms with Gasteiger partial charge in [-0.3, -0.25) is 9.79 Å². The van der Waals surface area contributed by atoms with E-state index in [1.54, 1.807) is 7.05 Å². The molecule has 1 aliphatic rings. The molecule has 1 aromatic heterocycles. The maximum absolute atomic E-state index is 12.0. The number of nitrogens with zero attached hydrogens (tertiary/aromatic N) is 3. The van der Waals surface area contributed by atoms with Crippen LogP contribution in [0.4, 0.5) is 0 Å². The van der Waals surface area contributed by atoms with Crippen molar-refractivity contribution in [3.05, 3.63) is 71.9 Å². The lowest BCUT2D eigenvalue weighted by Gasteiger charge is -2.19. The molecule has 1 fully saturated rings. The summed E-state index contributed by atoms with van der Waals surface area (Å²) in [6.07, 6.45) is 4.80. The van der Waals surface area contributed by atoms with E-state index in [9.17, 15) is 4.79 Å². The van der Waals surface area contributed by atoms with Gasteiger partial charge in [-0.15, -0.1) is 0 Å². The molecular weight excluding hydrogens is 386 g/mol. The van der Waals surface area contributed by atoms with E-state index in [4.69, 9.17) is 0 Å². The smallest absolute Gasteiger partial charge is 0.222 e. The van der Waals surface area contributed by atoms with Crippen LogP contribution in [0.15, 0.2) is 65.8 Å². The van der Waals surface area contributed by atoms with Crippen molar-refractivity contribution in [1.29, 1.82) is 0 Å². The fraction of sp³-hybridized carbons (Fsp3) is 0.360. The van der Waals surface area contributed by atoms with Gasteiger partial charge in [0.2, 0.25) is 5.91 Å². The molecule has 6 heteroatoms. The highest BCUT2D eigenvalue weighted by Gasteiger charge is 2.20. The van der Waals surface area contributed by atoms with Crippen LogP contribution >= 0.6 is 0 Å². The molecule has 31 heavy (non-hydrogen) atoms. The normalized spacial score (nSPS) is 14.4. The number of fused-ring (bicyclic) bond motifs is 1. The minimum absolute atomic E-state index is 0.260. The van der Waals surface area contributed by atoms with E-state index in [0.29, 0.717) is 19.5 Å². The van der Waals surface area contributed by atoms with Gasteiger partial charge in [0.05, 0.1) is 0 Å². The van der Waals surface area contributed by atoms with Crippen molar-refractivity contribution in [2.24, 2.45) is 4.99 Å². The summed E-state index contributed by atoms with van der Waals surface area (Å²) >= 11 is 0. The molecule has 0 spiro atoms. The lowest BCUT2D eigenvalue weighted by molar-refractivity contribution is -0.128. The molecule has 6 nitrogen and oxygen atoms in total. The lowest BCUT2D eigenvalue weighted by Crippen LogP contribution is -2.37. The number of likely N-dealkylation sites (tertiary alicyclic amines) is 1. The van der Waals surface area contributed by atoms with Crippen LogP contribution in [-0.4, -0.2) is 41.5 Å². The molecule has 1 amide bonds. The van der Waals surface area contributed by atoms with Gasteiger partial charge in [0.25, 0.3) is 0 Å². The standard InChI is InChI=1S/C25H31N5O/c1-26-25(27-14-7-16-29-17-13-20-8-4-5-11-23(20)29)28-18-21-9-2-3-10-22(21)19-30-15-6-12-24(30)31/h2-5,8-11,13,17H,6-7,12,14-16,18-19H2,1H3,(H2,26,27,28). The summed E-state index contributed by atoms with van der Waals surface area (Å²) in [5, 5.41) is 8.10. The lowest BCUT2D eigenvalue weighted by atomic mass is 10.1. The first-order chi connectivity index (χ1) is 15.2. The Hall–Kier alpha value is -3.28. The summed E-state index contributed by atoms with van der Waals surface area (Å²) in [6, 6.07) is 18.9. The zero-order valence-electron chi connectivity index (χ0n) is 18.2. The molecule has 162 valence electrons. The monoisotopic (exact) mass is 417 g/mol. The predicted octanol–water partition coefficient (Wildman–Crippen LogP) is 3.52. The van der Waals surface area contributed by atoms with Crippen molar-refractivity contribution >= 4 is 22.8 Å². The van der Waals surface area contributed by atoms with Gasteiger partial charge in [-0.2, -0.15) is 0 Å². The quantitative estimate of drug-likeness (QED) is 0.335. The van der Waals surface area contributed by atoms with Gasteiger partial charge in [0.15, 0.2) is 5.96 Å². The first-order valence-corrected chi connectivity index (χ1v) is 11.1. The van der Waals surface area contributed by atoms with Crippen LogP contribution in [0.2, 0.25) is 0 Å².